The molecule has 2 N–H and O–H groups in total. The smallest absolute Gasteiger partial charge is 0.254 e. The molecule has 1 aromatic rings. The third-order valence-electron chi connectivity index (χ3n) is 3.24. The molecule has 0 bridgehead atoms. The van der Waals surface area contributed by atoms with Crippen molar-refractivity contribution in [1.29, 1.82) is 0 Å². The van der Waals surface area contributed by atoms with Crippen LogP contribution >= 0.6 is 0 Å². The predicted molar refractivity (Wildman–Crippen MR) is 81.9 cm³/mol. The normalized spacial score (nSPS) is 12.6. The van der Waals surface area contributed by atoms with Gasteiger partial charge in [-0.15, -0.1) is 0 Å². The Kier molecular flexibility index (Phi) is 5.90. The van der Waals surface area contributed by atoms with E-state index in [0.29, 0.717) is 5.56 Å². The zero-order chi connectivity index (χ0) is 16.0. The van der Waals surface area contributed by atoms with Crippen molar-refractivity contribution in [3.8, 4) is 0 Å². The molecule has 0 spiro atoms. The van der Waals surface area contributed by atoms with E-state index in [1.807, 2.05) is 26.8 Å². The fourth-order valence-electron chi connectivity index (χ4n) is 1.66. The van der Waals surface area contributed by atoms with E-state index in [9.17, 15) is 14.7 Å². The Morgan fingerprint density at radius 2 is 1.81 bits per heavy atom. The van der Waals surface area contributed by atoms with Crippen LogP contribution < -0.4 is 5.32 Å². The van der Waals surface area contributed by atoms with Gasteiger partial charge in [0.2, 0.25) is 5.91 Å². The van der Waals surface area contributed by atoms with E-state index in [2.05, 4.69) is 5.32 Å². The first-order chi connectivity index (χ1) is 9.71. The Morgan fingerprint density at radius 1 is 1.24 bits per heavy atom. The molecular weight excluding hydrogens is 268 g/mol. The summed E-state index contributed by atoms with van der Waals surface area (Å²) in [5, 5.41) is 12.5. The van der Waals surface area contributed by atoms with Gasteiger partial charge in [-0.1, -0.05) is 39.0 Å². The standard InChI is InChI=1S/C16H24N2O3/c1-16(2,3)13(19)10-17-14(20)11-18(4)15(21)12-8-6-5-7-9-12/h5-9,13,19H,10-11H2,1-4H3,(H,17,20). The van der Waals surface area contributed by atoms with E-state index in [0.717, 1.165) is 0 Å². The van der Waals surface area contributed by atoms with E-state index < -0.39 is 6.10 Å². The summed E-state index contributed by atoms with van der Waals surface area (Å²) in [7, 11) is 1.58. The second-order valence-electron chi connectivity index (χ2n) is 6.21. The van der Waals surface area contributed by atoms with Crippen molar-refractivity contribution >= 4 is 11.8 Å². The molecule has 0 aromatic heterocycles. The first kappa shape index (κ1) is 17.2. The Labute approximate surface area is 126 Å². The third-order valence-corrected chi connectivity index (χ3v) is 3.24. The van der Waals surface area contributed by atoms with Crippen molar-refractivity contribution in [2.24, 2.45) is 5.41 Å². The molecule has 0 saturated heterocycles. The topological polar surface area (TPSA) is 69.6 Å². The summed E-state index contributed by atoms with van der Waals surface area (Å²) in [6.45, 7) is 5.83. The molecule has 0 aliphatic rings. The molecule has 116 valence electrons. The fourth-order valence-corrected chi connectivity index (χ4v) is 1.66. The van der Waals surface area contributed by atoms with Crippen molar-refractivity contribution in [1.82, 2.24) is 10.2 Å². The highest BCUT2D eigenvalue weighted by Gasteiger charge is 2.23. The second kappa shape index (κ2) is 7.22. The molecular formula is C16H24N2O3. The maximum absolute atomic E-state index is 12.1. The van der Waals surface area contributed by atoms with Crippen LogP contribution in [-0.2, 0) is 4.79 Å². The molecule has 0 saturated carbocycles. The van der Waals surface area contributed by atoms with Crippen molar-refractivity contribution in [2.45, 2.75) is 26.9 Å². The zero-order valence-electron chi connectivity index (χ0n) is 13.1. The molecule has 1 aromatic carbocycles. The lowest BCUT2D eigenvalue weighted by atomic mass is 9.89. The summed E-state index contributed by atoms with van der Waals surface area (Å²) >= 11 is 0. The summed E-state index contributed by atoms with van der Waals surface area (Å²) in [5.41, 5.74) is 0.251. The number of nitrogens with one attached hydrogen (secondary N) is 1. The Balaban J connectivity index is 2.46. The van der Waals surface area contributed by atoms with Crippen LogP contribution in [0.1, 0.15) is 31.1 Å². The van der Waals surface area contributed by atoms with E-state index in [4.69, 9.17) is 0 Å². The minimum atomic E-state index is -0.628. The van der Waals surface area contributed by atoms with Crippen LogP contribution in [0.3, 0.4) is 0 Å². The number of likely N-dealkylation sites (N-methyl/N-ethyl adjacent to an activating group) is 1. The molecule has 1 unspecified atom stereocenters. The molecule has 1 atom stereocenters. The number of carbonyl (C=O) groups excluding carboxylic acids is 2. The average Bonchev–Trinajstić information content (AvgIpc) is 2.43. The average molecular weight is 292 g/mol. The summed E-state index contributed by atoms with van der Waals surface area (Å²) in [6.07, 6.45) is -0.628. The summed E-state index contributed by atoms with van der Waals surface area (Å²) in [5.74, 6) is -0.493. The molecule has 5 nitrogen and oxygen atoms in total. The quantitative estimate of drug-likeness (QED) is 0.859. The van der Waals surface area contributed by atoms with E-state index in [1.54, 1.807) is 31.3 Å². The van der Waals surface area contributed by atoms with Gasteiger partial charge in [-0.25, -0.2) is 0 Å². The highest BCUT2D eigenvalue weighted by atomic mass is 16.3. The van der Waals surface area contributed by atoms with Crippen molar-refractivity contribution in [3.63, 3.8) is 0 Å². The number of nitrogens with zero attached hydrogens (tertiary/aromatic N) is 1. The third kappa shape index (κ3) is 5.55. The minimum Gasteiger partial charge on any atom is -0.391 e. The van der Waals surface area contributed by atoms with Crippen LogP contribution in [0.5, 0.6) is 0 Å². The number of rotatable bonds is 5. The highest BCUT2D eigenvalue weighted by molar-refractivity contribution is 5.96. The zero-order valence-corrected chi connectivity index (χ0v) is 13.1. The van der Waals surface area contributed by atoms with Crippen LogP contribution in [0.4, 0.5) is 0 Å². The predicted octanol–water partition coefficient (Wildman–Crippen LogP) is 1.28. The van der Waals surface area contributed by atoms with Crippen molar-refractivity contribution in [2.75, 3.05) is 20.1 Å². The molecule has 0 aliphatic carbocycles. The van der Waals surface area contributed by atoms with Gasteiger partial charge in [0.05, 0.1) is 12.6 Å². The number of hydrogen-bond donors (Lipinski definition) is 2. The van der Waals surface area contributed by atoms with Crippen LogP contribution in [-0.4, -0.2) is 48.1 Å². The molecule has 1 rings (SSSR count). The Morgan fingerprint density at radius 3 is 2.33 bits per heavy atom. The molecule has 21 heavy (non-hydrogen) atoms. The van der Waals surface area contributed by atoms with Gasteiger partial charge in [0, 0.05) is 19.2 Å². The van der Waals surface area contributed by atoms with Crippen molar-refractivity contribution < 1.29 is 14.7 Å². The molecule has 0 fully saturated rings. The lowest BCUT2D eigenvalue weighted by Gasteiger charge is -2.26. The van der Waals surface area contributed by atoms with Crippen LogP contribution in [0.15, 0.2) is 30.3 Å². The first-order valence-electron chi connectivity index (χ1n) is 6.97. The minimum absolute atomic E-state index is 0.0371. The Bertz CT molecular complexity index is 480. The lowest BCUT2D eigenvalue weighted by molar-refractivity contribution is -0.122. The van der Waals surface area contributed by atoms with Gasteiger partial charge in [-0.2, -0.15) is 0 Å². The number of aliphatic hydroxyl groups is 1. The van der Waals surface area contributed by atoms with Gasteiger partial charge in [-0.05, 0) is 17.5 Å². The maximum Gasteiger partial charge on any atom is 0.254 e. The summed E-state index contributed by atoms with van der Waals surface area (Å²) < 4.78 is 0. The number of aliphatic hydroxyl groups excluding tert-OH is 1. The first-order valence-corrected chi connectivity index (χ1v) is 6.97. The molecule has 5 heteroatoms. The molecule has 0 radical (unpaired) electrons. The SMILES string of the molecule is CN(CC(=O)NCC(O)C(C)(C)C)C(=O)c1ccccc1. The van der Waals surface area contributed by atoms with Crippen LogP contribution in [0, 0.1) is 5.41 Å². The van der Waals surface area contributed by atoms with Gasteiger partial charge in [-0.3, -0.25) is 9.59 Å². The maximum atomic E-state index is 12.1. The number of amides is 2. The lowest BCUT2D eigenvalue weighted by Crippen LogP contribution is -2.43. The van der Waals surface area contributed by atoms with Crippen LogP contribution in [0.2, 0.25) is 0 Å². The van der Waals surface area contributed by atoms with Gasteiger partial charge < -0.3 is 15.3 Å². The van der Waals surface area contributed by atoms with E-state index in [-0.39, 0.29) is 30.3 Å². The number of hydrogen-bond acceptors (Lipinski definition) is 3. The number of benzene rings is 1. The van der Waals surface area contributed by atoms with Crippen molar-refractivity contribution in [3.05, 3.63) is 35.9 Å². The molecule has 0 heterocycles. The van der Waals surface area contributed by atoms with Gasteiger partial charge in [0.25, 0.3) is 5.91 Å². The second-order valence-corrected chi connectivity index (χ2v) is 6.21. The molecule has 0 aliphatic heterocycles. The monoisotopic (exact) mass is 292 g/mol. The van der Waals surface area contributed by atoms with E-state index in [1.165, 1.54) is 4.90 Å². The van der Waals surface area contributed by atoms with Crippen LogP contribution in [0.25, 0.3) is 0 Å². The van der Waals surface area contributed by atoms with Gasteiger partial charge in [0.15, 0.2) is 0 Å². The van der Waals surface area contributed by atoms with Gasteiger partial charge in [0.1, 0.15) is 0 Å². The van der Waals surface area contributed by atoms with Gasteiger partial charge >= 0.3 is 0 Å². The Hall–Kier alpha value is -1.88. The van der Waals surface area contributed by atoms with E-state index >= 15 is 0 Å². The number of carbonyl (C=O) groups is 2. The summed E-state index contributed by atoms with van der Waals surface area (Å²) in [4.78, 5) is 25.2. The fraction of sp³-hybridized carbons (Fsp3) is 0.500. The molecule has 2 amide bonds. The largest absolute Gasteiger partial charge is 0.391 e. The summed E-state index contributed by atoms with van der Waals surface area (Å²) in [6, 6.07) is 8.80. The highest BCUT2D eigenvalue weighted by Crippen LogP contribution is 2.18.